The minimum Gasteiger partial charge on any atom is -0.387 e. The van der Waals surface area contributed by atoms with Gasteiger partial charge in [0.15, 0.2) is 0 Å². The van der Waals surface area contributed by atoms with Crippen molar-refractivity contribution in [2.45, 2.75) is 20.0 Å². The molecule has 0 fully saturated rings. The van der Waals surface area contributed by atoms with E-state index in [1.807, 2.05) is 54.6 Å². The molecule has 2 heteroatoms. The lowest BCUT2D eigenvalue weighted by Crippen LogP contribution is -2.20. The number of nitrogens with zero attached hydrogens (tertiary/aromatic N) is 1. The van der Waals surface area contributed by atoms with E-state index < -0.39 is 11.5 Å². The van der Waals surface area contributed by atoms with Crippen LogP contribution in [-0.4, -0.2) is 5.11 Å². The highest BCUT2D eigenvalue weighted by atomic mass is 16.3. The van der Waals surface area contributed by atoms with Gasteiger partial charge in [-0.05, 0) is 37.6 Å². The maximum atomic E-state index is 10.4. The number of hydrogen-bond donors (Lipinski definition) is 1. The van der Waals surface area contributed by atoms with Crippen molar-refractivity contribution in [2.24, 2.45) is 5.41 Å². The fraction of sp³-hybridized carbons (Fsp3) is 0.211. The van der Waals surface area contributed by atoms with Crippen LogP contribution >= 0.6 is 0 Å². The lowest BCUT2D eigenvalue weighted by Gasteiger charge is -2.24. The molecule has 1 N–H and O–H groups in total. The highest BCUT2D eigenvalue weighted by Gasteiger charge is 2.30. The maximum absolute atomic E-state index is 10.4. The zero-order chi connectivity index (χ0) is 15.3. The van der Waals surface area contributed by atoms with Crippen LogP contribution in [0, 0.1) is 28.6 Å². The number of aliphatic hydroxyl groups is 1. The molecule has 0 radical (unpaired) electrons. The van der Waals surface area contributed by atoms with Crippen molar-refractivity contribution in [3.63, 3.8) is 0 Å². The smallest absolute Gasteiger partial charge is 0.0982 e. The molecule has 0 aliphatic heterocycles. The molecule has 1 unspecified atom stereocenters. The van der Waals surface area contributed by atoms with Crippen molar-refractivity contribution in [1.29, 1.82) is 5.26 Å². The Kier molecular flexibility index (Phi) is 4.43. The molecule has 0 aliphatic carbocycles. The van der Waals surface area contributed by atoms with Crippen molar-refractivity contribution in [3.05, 3.63) is 71.3 Å². The summed E-state index contributed by atoms with van der Waals surface area (Å²) in [6.45, 7) is 3.44. The largest absolute Gasteiger partial charge is 0.387 e. The maximum Gasteiger partial charge on any atom is 0.0982 e. The Morgan fingerprint density at radius 1 is 0.952 bits per heavy atom. The van der Waals surface area contributed by atoms with Crippen molar-refractivity contribution in [1.82, 2.24) is 0 Å². The molecule has 0 saturated carbocycles. The Hall–Kier alpha value is -2.55. The molecule has 104 valence electrons. The summed E-state index contributed by atoms with van der Waals surface area (Å²) in [5.41, 5.74) is 1.50. The molecule has 21 heavy (non-hydrogen) atoms. The van der Waals surface area contributed by atoms with Gasteiger partial charge in [-0.25, -0.2) is 0 Å². The first-order chi connectivity index (χ1) is 10.0. The highest BCUT2D eigenvalue weighted by molar-refractivity contribution is 5.47. The van der Waals surface area contributed by atoms with Crippen molar-refractivity contribution < 1.29 is 5.11 Å². The van der Waals surface area contributed by atoms with Crippen LogP contribution in [0.1, 0.15) is 36.6 Å². The summed E-state index contributed by atoms with van der Waals surface area (Å²) in [7, 11) is 0. The lowest BCUT2D eigenvalue weighted by molar-refractivity contribution is 0.0865. The molecule has 2 aromatic rings. The van der Waals surface area contributed by atoms with Gasteiger partial charge in [0, 0.05) is 11.1 Å². The second-order valence-corrected chi connectivity index (χ2v) is 5.44. The molecule has 0 amide bonds. The van der Waals surface area contributed by atoms with Gasteiger partial charge in [-0.15, -0.1) is 0 Å². The Balaban J connectivity index is 2.40. The van der Waals surface area contributed by atoms with Crippen LogP contribution in [0.15, 0.2) is 54.6 Å². The first kappa shape index (κ1) is 14.9. The van der Waals surface area contributed by atoms with E-state index in [0.717, 1.165) is 11.1 Å². The van der Waals surface area contributed by atoms with Gasteiger partial charge in [0.1, 0.15) is 0 Å². The minimum atomic E-state index is -0.872. The molecule has 2 aromatic carbocycles. The van der Waals surface area contributed by atoms with Gasteiger partial charge < -0.3 is 5.11 Å². The fourth-order valence-corrected chi connectivity index (χ4v) is 1.96. The number of hydrogen-bond acceptors (Lipinski definition) is 2. The summed E-state index contributed by atoms with van der Waals surface area (Å²) >= 11 is 0. The summed E-state index contributed by atoms with van der Waals surface area (Å²) in [4.78, 5) is 0. The summed E-state index contributed by atoms with van der Waals surface area (Å²) in [6.07, 6.45) is -0.872. The van der Waals surface area contributed by atoms with Gasteiger partial charge in [0.05, 0.1) is 17.6 Å². The number of benzene rings is 2. The zero-order valence-electron chi connectivity index (χ0n) is 12.2. The molecule has 0 saturated heterocycles. The van der Waals surface area contributed by atoms with Crippen LogP contribution in [0.2, 0.25) is 0 Å². The van der Waals surface area contributed by atoms with E-state index in [-0.39, 0.29) is 0 Å². The van der Waals surface area contributed by atoms with Crippen LogP contribution in [0.25, 0.3) is 0 Å². The van der Waals surface area contributed by atoms with Crippen LogP contribution in [0.3, 0.4) is 0 Å². The zero-order valence-corrected chi connectivity index (χ0v) is 12.2. The fourth-order valence-electron chi connectivity index (χ4n) is 1.96. The minimum absolute atomic E-state index is 0.687. The Labute approximate surface area is 125 Å². The van der Waals surface area contributed by atoms with E-state index in [2.05, 4.69) is 17.9 Å². The molecule has 0 aliphatic rings. The van der Waals surface area contributed by atoms with Crippen LogP contribution in [-0.2, 0) is 0 Å². The molecule has 0 spiro atoms. The van der Waals surface area contributed by atoms with Gasteiger partial charge in [0.2, 0.25) is 0 Å². The summed E-state index contributed by atoms with van der Waals surface area (Å²) in [5.74, 6) is 6.17. The molecule has 2 rings (SSSR count). The van der Waals surface area contributed by atoms with E-state index >= 15 is 0 Å². The van der Waals surface area contributed by atoms with E-state index in [1.165, 1.54) is 0 Å². The van der Waals surface area contributed by atoms with Gasteiger partial charge in [-0.1, -0.05) is 48.2 Å². The average molecular weight is 275 g/mol. The molecule has 0 bridgehead atoms. The standard InChI is InChI=1S/C19H17NO/c1-19(2,14-20)18(21)17-11-7-6-10-16(17)13-12-15-8-4-3-5-9-15/h3-11,18,21H,1-2H3. The summed E-state index contributed by atoms with van der Waals surface area (Å²) in [5, 5.41) is 19.6. The Bertz CT molecular complexity index is 714. The predicted molar refractivity (Wildman–Crippen MR) is 83.2 cm³/mol. The predicted octanol–water partition coefficient (Wildman–Crippen LogP) is 3.67. The van der Waals surface area contributed by atoms with Gasteiger partial charge >= 0.3 is 0 Å². The van der Waals surface area contributed by atoms with Crippen molar-refractivity contribution in [3.8, 4) is 17.9 Å². The molecular formula is C19H17NO. The normalized spacial score (nSPS) is 11.9. The number of rotatable bonds is 2. The third kappa shape index (κ3) is 3.51. The molecule has 2 nitrogen and oxygen atoms in total. The van der Waals surface area contributed by atoms with Crippen LogP contribution in [0.4, 0.5) is 0 Å². The topological polar surface area (TPSA) is 44.0 Å². The van der Waals surface area contributed by atoms with E-state index in [1.54, 1.807) is 13.8 Å². The first-order valence-electron chi connectivity index (χ1n) is 6.80. The highest BCUT2D eigenvalue weighted by Crippen LogP contribution is 2.33. The number of aliphatic hydroxyl groups excluding tert-OH is 1. The monoisotopic (exact) mass is 275 g/mol. The van der Waals surface area contributed by atoms with Crippen LogP contribution in [0.5, 0.6) is 0 Å². The van der Waals surface area contributed by atoms with E-state index in [0.29, 0.717) is 5.56 Å². The van der Waals surface area contributed by atoms with Gasteiger partial charge in [-0.3, -0.25) is 0 Å². The van der Waals surface area contributed by atoms with E-state index in [4.69, 9.17) is 0 Å². The second kappa shape index (κ2) is 6.27. The Morgan fingerprint density at radius 2 is 1.57 bits per heavy atom. The summed E-state index contributed by atoms with van der Waals surface area (Å²) in [6, 6.07) is 19.2. The molecular weight excluding hydrogens is 258 g/mol. The summed E-state index contributed by atoms with van der Waals surface area (Å²) < 4.78 is 0. The molecule has 0 aromatic heterocycles. The molecule has 0 heterocycles. The van der Waals surface area contributed by atoms with Gasteiger partial charge in [0.25, 0.3) is 0 Å². The lowest BCUT2D eigenvalue weighted by atomic mass is 9.82. The average Bonchev–Trinajstić information content (AvgIpc) is 2.53. The Morgan fingerprint density at radius 3 is 2.24 bits per heavy atom. The van der Waals surface area contributed by atoms with Crippen molar-refractivity contribution >= 4 is 0 Å². The third-order valence-corrected chi connectivity index (χ3v) is 3.34. The third-order valence-electron chi connectivity index (χ3n) is 3.34. The SMILES string of the molecule is CC(C)(C#N)C(O)c1ccccc1C#Cc1ccccc1. The second-order valence-electron chi connectivity index (χ2n) is 5.44. The van der Waals surface area contributed by atoms with Crippen LogP contribution < -0.4 is 0 Å². The number of nitriles is 1. The quantitative estimate of drug-likeness (QED) is 0.850. The van der Waals surface area contributed by atoms with Gasteiger partial charge in [-0.2, -0.15) is 5.26 Å². The molecule has 1 atom stereocenters. The van der Waals surface area contributed by atoms with E-state index in [9.17, 15) is 10.4 Å². The first-order valence-corrected chi connectivity index (χ1v) is 6.80. The van der Waals surface area contributed by atoms with Crippen molar-refractivity contribution in [2.75, 3.05) is 0 Å².